The van der Waals surface area contributed by atoms with Crippen molar-refractivity contribution >= 4 is 34.8 Å². The zero-order valence-electron chi connectivity index (χ0n) is 14.4. The minimum Gasteiger partial charge on any atom is -0.497 e. The van der Waals surface area contributed by atoms with Crippen molar-refractivity contribution in [2.24, 2.45) is 0 Å². The number of benzene rings is 2. The number of nitrogens with one attached hydrogen (secondary N) is 2. The van der Waals surface area contributed by atoms with Gasteiger partial charge in [-0.2, -0.15) is 0 Å². The van der Waals surface area contributed by atoms with Crippen LogP contribution in [0.5, 0.6) is 5.75 Å². The summed E-state index contributed by atoms with van der Waals surface area (Å²) in [6, 6.07) is 16.8. The molecule has 0 radical (unpaired) electrons. The first-order chi connectivity index (χ1) is 13.1. The maximum atomic E-state index is 12.5. The molecule has 3 aromatic rings. The third-order valence-electron chi connectivity index (χ3n) is 3.70. The fraction of sp³-hybridized carbons (Fsp3) is 0.0500. The van der Waals surface area contributed by atoms with Crippen molar-refractivity contribution in [2.75, 3.05) is 17.7 Å². The van der Waals surface area contributed by atoms with Gasteiger partial charge < -0.3 is 15.4 Å². The summed E-state index contributed by atoms with van der Waals surface area (Å²) in [4.78, 5) is 28.9. The molecule has 0 aliphatic carbocycles. The molecule has 3 rings (SSSR count). The van der Waals surface area contributed by atoms with Crippen molar-refractivity contribution in [2.45, 2.75) is 0 Å². The summed E-state index contributed by atoms with van der Waals surface area (Å²) in [5.74, 6) is -0.195. The van der Waals surface area contributed by atoms with E-state index in [0.29, 0.717) is 27.7 Å². The zero-order valence-corrected chi connectivity index (χ0v) is 15.2. The minimum atomic E-state index is -0.459. The van der Waals surface area contributed by atoms with Crippen LogP contribution in [0, 0.1) is 0 Å². The molecule has 2 N–H and O–H groups in total. The van der Waals surface area contributed by atoms with Gasteiger partial charge in [-0.3, -0.25) is 14.6 Å². The maximum Gasteiger partial charge on any atom is 0.274 e. The highest BCUT2D eigenvalue weighted by Crippen LogP contribution is 2.21. The number of ether oxygens (including phenoxy) is 1. The van der Waals surface area contributed by atoms with Crippen LogP contribution in [0.25, 0.3) is 0 Å². The van der Waals surface area contributed by atoms with E-state index >= 15 is 0 Å². The molecule has 27 heavy (non-hydrogen) atoms. The molecule has 0 spiro atoms. The van der Waals surface area contributed by atoms with Crippen molar-refractivity contribution in [1.29, 1.82) is 0 Å². The Morgan fingerprint density at radius 3 is 2.56 bits per heavy atom. The number of nitrogens with zero attached hydrogens (tertiary/aromatic N) is 1. The Labute approximate surface area is 161 Å². The van der Waals surface area contributed by atoms with Gasteiger partial charge in [0.15, 0.2) is 0 Å². The zero-order chi connectivity index (χ0) is 19.2. The molecule has 7 heteroatoms. The van der Waals surface area contributed by atoms with E-state index in [4.69, 9.17) is 16.3 Å². The summed E-state index contributed by atoms with van der Waals surface area (Å²) in [6.07, 6.45) is 1.40. The monoisotopic (exact) mass is 381 g/mol. The summed E-state index contributed by atoms with van der Waals surface area (Å²) >= 11 is 6.04. The molecular weight excluding hydrogens is 366 g/mol. The standard InChI is InChI=1S/C20H16ClN3O3/c1-27-15-6-4-5-14(12-15)23-19(25)13-9-10-22-18(11-13)20(26)24-17-8-3-2-7-16(17)21/h2-12H,1H3,(H,23,25)(H,24,26). The summed E-state index contributed by atoms with van der Waals surface area (Å²) in [5, 5.41) is 5.85. The first kappa shape index (κ1) is 18.4. The summed E-state index contributed by atoms with van der Waals surface area (Å²) in [6.45, 7) is 0. The fourth-order valence-corrected chi connectivity index (χ4v) is 2.53. The Hall–Kier alpha value is -3.38. The number of hydrogen-bond acceptors (Lipinski definition) is 4. The number of aromatic nitrogens is 1. The molecule has 0 unspecified atom stereocenters. The van der Waals surface area contributed by atoms with Gasteiger partial charge in [0, 0.05) is 23.5 Å². The molecule has 0 saturated carbocycles. The average molecular weight is 382 g/mol. The van der Waals surface area contributed by atoms with E-state index in [1.807, 2.05) is 0 Å². The lowest BCUT2D eigenvalue weighted by Gasteiger charge is -2.09. The van der Waals surface area contributed by atoms with Crippen LogP contribution in [-0.2, 0) is 0 Å². The molecule has 0 bridgehead atoms. The Bertz CT molecular complexity index is 991. The molecule has 0 fully saturated rings. The second-order valence-corrected chi connectivity index (χ2v) is 5.96. The molecule has 136 valence electrons. The van der Waals surface area contributed by atoms with E-state index in [9.17, 15) is 9.59 Å². The molecule has 0 atom stereocenters. The number of para-hydroxylation sites is 1. The van der Waals surface area contributed by atoms with Crippen LogP contribution in [0.15, 0.2) is 66.9 Å². The van der Waals surface area contributed by atoms with Gasteiger partial charge in [0.05, 0.1) is 17.8 Å². The average Bonchev–Trinajstić information content (AvgIpc) is 2.70. The van der Waals surface area contributed by atoms with Gasteiger partial charge in [-0.1, -0.05) is 29.8 Å². The van der Waals surface area contributed by atoms with Crippen molar-refractivity contribution in [3.63, 3.8) is 0 Å². The lowest BCUT2D eigenvalue weighted by atomic mass is 10.2. The minimum absolute atomic E-state index is 0.105. The van der Waals surface area contributed by atoms with Crippen molar-refractivity contribution in [3.8, 4) is 5.75 Å². The number of amides is 2. The Morgan fingerprint density at radius 1 is 0.963 bits per heavy atom. The second-order valence-electron chi connectivity index (χ2n) is 5.55. The number of halogens is 1. The third-order valence-corrected chi connectivity index (χ3v) is 4.03. The lowest BCUT2D eigenvalue weighted by molar-refractivity contribution is 0.102. The maximum absolute atomic E-state index is 12.5. The summed E-state index contributed by atoms with van der Waals surface area (Å²) in [5.41, 5.74) is 1.46. The molecule has 2 aromatic carbocycles. The van der Waals surface area contributed by atoms with Gasteiger partial charge in [0.2, 0.25) is 0 Å². The quantitative estimate of drug-likeness (QED) is 0.692. The smallest absolute Gasteiger partial charge is 0.274 e. The Morgan fingerprint density at radius 2 is 1.78 bits per heavy atom. The summed E-state index contributed by atoms with van der Waals surface area (Å²) in [7, 11) is 1.55. The topological polar surface area (TPSA) is 80.3 Å². The number of carbonyl (C=O) groups is 2. The van der Waals surface area contributed by atoms with Crippen LogP contribution in [0.1, 0.15) is 20.8 Å². The molecule has 0 aliphatic heterocycles. The summed E-state index contributed by atoms with van der Waals surface area (Å²) < 4.78 is 5.13. The van der Waals surface area contributed by atoms with Crippen molar-refractivity contribution < 1.29 is 14.3 Å². The van der Waals surface area contributed by atoms with E-state index in [0.717, 1.165) is 0 Å². The predicted octanol–water partition coefficient (Wildman–Crippen LogP) is 4.25. The first-order valence-electron chi connectivity index (χ1n) is 8.04. The molecular formula is C20H16ClN3O3. The van der Waals surface area contributed by atoms with E-state index < -0.39 is 5.91 Å². The highest BCUT2D eigenvalue weighted by Gasteiger charge is 2.13. The highest BCUT2D eigenvalue weighted by atomic mass is 35.5. The fourth-order valence-electron chi connectivity index (χ4n) is 2.35. The van der Waals surface area contributed by atoms with Gasteiger partial charge in [-0.05, 0) is 36.4 Å². The van der Waals surface area contributed by atoms with Gasteiger partial charge in [-0.15, -0.1) is 0 Å². The Kier molecular flexibility index (Phi) is 5.68. The van der Waals surface area contributed by atoms with Crippen molar-refractivity contribution in [1.82, 2.24) is 4.98 Å². The van der Waals surface area contributed by atoms with E-state index in [2.05, 4.69) is 15.6 Å². The number of carbonyl (C=O) groups excluding carboxylic acids is 2. The number of rotatable bonds is 5. The predicted molar refractivity (Wildman–Crippen MR) is 105 cm³/mol. The van der Waals surface area contributed by atoms with Crippen LogP contribution in [-0.4, -0.2) is 23.9 Å². The molecule has 2 amide bonds. The molecule has 0 aliphatic rings. The first-order valence-corrected chi connectivity index (χ1v) is 8.42. The van der Waals surface area contributed by atoms with Crippen LogP contribution >= 0.6 is 11.6 Å². The SMILES string of the molecule is COc1cccc(NC(=O)c2ccnc(C(=O)Nc3ccccc3Cl)c2)c1. The van der Waals surface area contributed by atoms with Gasteiger partial charge in [0.1, 0.15) is 11.4 Å². The third kappa shape index (κ3) is 4.62. The number of hydrogen-bond donors (Lipinski definition) is 2. The van der Waals surface area contributed by atoms with Crippen LogP contribution in [0.2, 0.25) is 5.02 Å². The second kappa shape index (κ2) is 8.33. The highest BCUT2D eigenvalue weighted by molar-refractivity contribution is 6.33. The molecule has 0 saturated heterocycles. The number of anilines is 2. The van der Waals surface area contributed by atoms with Crippen LogP contribution in [0.4, 0.5) is 11.4 Å². The lowest BCUT2D eigenvalue weighted by Crippen LogP contribution is -2.17. The van der Waals surface area contributed by atoms with Crippen LogP contribution < -0.4 is 15.4 Å². The van der Waals surface area contributed by atoms with Gasteiger partial charge >= 0.3 is 0 Å². The number of methoxy groups -OCH3 is 1. The number of pyridine rings is 1. The molecule has 6 nitrogen and oxygen atoms in total. The normalized spacial score (nSPS) is 10.1. The molecule has 1 heterocycles. The van der Waals surface area contributed by atoms with Crippen molar-refractivity contribution in [3.05, 3.63) is 83.1 Å². The van der Waals surface area contributed by atoms with Gasteiger partial charge in [0.25, 0.3) is 11.8 Å². The van der Waals surface area contributed by atoms with E-state index in [-0.39, 0.29) is 11.6 Å². The largest absolute Gasteiger partial charge is 0.497 e. The van der Waals surface area contributed by atoms with E-state index in [1.165, 1.54) is 18.3 Å². The molecule has 1 aromatic heterocycles. The Balaban J connectivity index is 1.75. The van der Waals surface area contributed by atoms with Gasteiger partial charge in [-0.25, -0.2) is 0 Å². The van der Waals surface area contributed by atoms with Crippen LogP contribution in [0.3, 0.4) is 0 Å². The van der Waals surface area contributed by atoms with E-state index in [1.54, 1.807) is 55.6 Å².